The summed E-state index contributed by atoms with van der Waals surface area (Å²) in [6, 6.07) is 5.68. The Morgan fingerprint density at radius 1 is 1.08 bits per heavy atom. The smallest absolute Gasteiger partial charge is 0.278 e. The van der Waals surface area contributed by atoms with Gasteiger partial charge in [0.1, 0.15) is 0 Å². The molecule has 1 aromatic carbocycles. The Labute approximate surface area is 151 Å². The van der Waals surface area contributed by atoms with E-state index < -0.39 is 0 Å². The van der Waals surface area contributed by atoms with Crippen molar-refractivity contribution < 1.29 is 18.6 Å². The van der Waals surface area contributed by atoms with E-state index in [0.29, 0.717) is 53.7 Å². The molecule has 7 nitrogen and oxygen atoms in total. The average Bonchev–Trinajstić information content (AvgIpc) is 3.06. The third-order valence-corrected chi connectivity index (χ3v) is 3.85. The second-order valence-corrected chi connectivity index (χ2v) is 6.16. The summed E-state index contributed by atoms with van der Waals surface area (Å²) in [5, 5.41) is 17.0. The molecule has 0 unspecified atom stereocenters. The van der Waals surface area contributed by atoms with Crippen molar-refractivity contribution in [2.45, 2.75) is 38.2 Å². The monoisotopic (exact) mass is 363 g/mol. The molecular weight excluding hydrogens is 342 g/mol. The Bertz CT molecular complexity index is 715. The molecule has 0 fully saturated rings. The molecule has 1 atom stereocenters. The number of thioether (sulfide) groups is 1. The molecule has 25 heavy (non-hydrogen) atoms. The van der Waals surface area contributed by atoms with E-state index in [9.17, 15) is 0 Å². The van der Waals surface area contributed by atoms with Crippen LogP contribution in [0.1, 0.15) is 27.7 Å². The van der Waals surface area contributed by atoms with Gasteiger partial charge in [0.2, 0.25) is 11.6 Å². The van der Waals surface area contributed by atoms with Crippen LogP contribution in [0.25, 0.3) is 11.5 Å². The van der Waals surface area contributed by atoms with Gasteiger partial charge in [-0.25, -0.2) is 0 Å². The number of hydrogen-bond donors (Lipinski definition) is 0. The van der Waals surface area contributed by atoms with Crippen LogP contribution in [-0.4, -0.2) is 35.3 Å². The summed E-state index contributed by atoms with van der Waals surface area (Å²) in [6.45, 7) is 8.93. The lowest BCUT2D eigenvalue weighted by Gasteiger charge is -2.16. The van der Waals surface area contributed by atoms with Gasteiger partial charge in [-0.05, 0) is 51.6 Å². The fourth-order valence-electron chi connectivity index (χ4n) is 2.06. The van der Waals surface area contributed by atoms with Crippen molar-refractivity contribution in [1.29, 1.82) is 5.26 Å². The third-order valence-electron chi connectivity index (χ3n) is 3.02. The van der Waals surface area contributed by atoms with E-state index in [4.69, 9.17) is 23.9 Å². The van der Waals surface area contributed by atoms with E-state index in [-0.39, 0.29) is 5.25 Å². The van der Waals surface area contributed by atoms with Gasteiger partial charge >= 0.3 is 0 Å². The van der Waals surface area contributed by atoms with E-state index in [1.54, 1.807) is 19.1 Å². The molecule has 0 saturated heterocycles. The van der Waals surface area contributed by atoms with Gasteiger partial charge in [0.05, 0.1) is 31.1 Å². The molecule has 0 aliphatic heterocycles. The van der Waals surface area contributed by atoms with E-state index in [0.717, 1.165) is 0 Å². The first kappa shape index (κ1) is 18.9. The molecule has 0 aliphatic rings. The predicted octanol–water partition coefficient (Wildman–Crippen LogP) is 3.94. The van der Waals surface area contributed by atoms with Crippen LogP contribution >= 0.6 is 11.8 Å². The molecule has 2 rings (SSSR count). The molecule has 8 heteroatoms. The van der Waals surface area contributed by atoms with Crippen molar-refractivity contribution in [3.63, 3.8) is 0 Å². The van der Waals surface area contributed by atoms with Crippen molar-refractivity contribution in [3.05, 3.63) is 12.1 Å². The second kappa shape index (κ2) is 9.18. The quantitative estimate of drug-likeness (QED) is 0.619. The topological polar surface area (TPSA) is 90.4 Å². The van der Waals surface area contributed by atoms with Crippen LogP contribution in [0.3, 0.4) is 0 Å². The molecule has 2 aromatic rings. The molecule has 134 valence electrons. The Morgan fingerprint density at radius 3 is 2.20 bits per heavy atom. The van der Waals surface area contributed by atoms with Crippen LogP contribution in [0, 0.1) is 11.3 Å². The molecule has 0 amide bonds. The fourth-order valence-corrected chi connectivity index (χ4v) is 2.63. The Morgan fingerprint density at radius 2 is 1.68 bits per heavy atom. The number of nitrogens with zero attached hydrogens (tertiary/aromatic N) is 3. The first-order chi connectivity index (χ1) is 12.1. The largest absolute Gasteiger partial charge is 0.490 e. The van der Waals surface area contributed by atoms with Crippen molar-refractivity contribution in [3.8, 4) is 34.8 Å². The van der Waals surface area contributed by atoms with Crippen LogP contribution in [0.2, 0.25) is 0 Å². The van der Waals surface area contributed by atoms with Crippen LogP contribution in [0.5, 0.6) is 17.2 Å². The first-order valence-corrected chi connectivity index (χ1v) is 8.97. The Balaban J connectivity index is 2.41. The summed E-state index contributed by atoms with van der Waals surface area (Å²) in [7, 11) is 0. The van der Waals surface area contributed by atoms with Crippen molar-refractivity contribution in [2.75, 3.05) is 19.8 Å². The molecule has 0 spiro atoms. The summed E-state index contributed by atoms with van der Waals surface area (Å²) in [6.07, 6.45) is 0. The molecule has 0 bridgehead atoms. The number of aromatic nitrogens is 2. The van der Waals surface area contributed by atoms with Crippen LogP contribution in [0.15, 0.2) is 21.8 Å². The van der Waals surface area contributed by atoms with Gasteiger partial charge in [-0.3, -0.25) is 0 Å². The van der Waals surface area contributed by atoms with Crippen molar-refractivity contribution in [1.82, 2.24) is 10.2 Å². The molecule has 0 aliphatic carbocycles. The average molecular weight is 363 g/mol. The minimum absolute atomic E-state index is 0.272. The van der Waals surface area contributed by atoms with E-state index in [1.165, 1.54) is 11.8 Å². The van der Waals surface area contributed by atoms with E-state index in [2.05, 4.69) is 16.3 Å². The number of hydrogen-bond acceptors (Lipinski definition) is 8. The van der Waals surface area contributed by atoms with Crippen LogP contribution in [-0.2, 0) is 0 Å². The zero-order chi connectivity index (χ0) is 18.2. The molecule has 0 saturated carbocycles. The summed E-state index contributed by atoms with van der Waals surface area (Å²) < 4.78 is 22.7. The SMILES string of the molecule is CCOc1cc(-c2nnc(S[C@@H](C)C#N)o2)cc(OCC)c1OCC. The minimum Gasteiger partial charge on any atom is -0.490 e. The highest BCUT2D eigenvalue weighted by molar-refractivity contribution is 7.99. The highest BCUT2D eigenvalue weighted by Crippen LogP contribution is 2.42. The predicted molar refractivity (Wildman–Crippen MR) is 94.2 cm³/mol. The molecule has 1 aromatic heterocycles. The van der Waals surface area contributed by atoms with Crippen LogP contribution in [0.4, 0.5) is 0 Å². The van der Waals surface area contributed by atoms with Crippen LogP contribution < -0.4 is 14.2 Å². The fraction of sp³-hybridized carbons (Fsp3) is 0.471. The maximum atomic E-state index is 8.88. The lowest BCUT2D eigenvalue weighted by atomic mass is 10.2. The lowest BCUT2D eigenvalue weighted by molar-refractivity contribution is 0.261. The van der Waals surface area contributed by atoms with Crippen molar-refractivity contribution in [2.24, 2.45) is 0 Å². The highest BCUT2D eigenvalue weighted by atomic mass is 32.2. The second-order valence-electron chi connectivity index (χ2n) is 4.86. The molecule has 1 heterocycles. The third kappa shape index (κ3) is 4.79. The van der Waals surface area contributed by atoms with Gasteiger partial charge in [0.25, 0.3) is 5.22 Å². The van der Waals surface area contributed by atoms with Gasteiger partial charge in [-0.1, -0.05) is 0 Å². The Kier molecular flexibility index (Phi) is 6.95. The van der Waals surface area contributed by atoms with Gasteiger partial charge in [0.15, 0.2) is 11.5 Å². The Hall–Kier alpha value is -2.40. The summed E-state index contributed by atoms with van der Waals surface area (Å²) >= 11 is 1.21. The molecule has 0 N–H and O–H groups in total. The van der Waals surface area contributed by atoms with Gasteiger partial charge in [0, 0.05) is 5.56 Å². The van der Waals surface area contributed by atoms with E-state index >= 15 is 0 Å². The highest BCUT2D eigenvalue weighted by Gasteiger charge is 2.19. The molecule has 0 radical (unpaired) electrons. The lowest BCUT2D eigenvalue weighted by Crippen LogP contribution is -2.03. The van der Waals surface area contributed by atoms with Gasteiger partial charge in [-0.15, -0.1) is 10.2 Å². The number of nitriles is 1. The standard InChI is InChI=1S/C17H21N3O4S/c1-5-21-13-8-12(9-14(22-6-2)15(13)23-7-3)16-19-20-17(24-16)25-11(4)10-18/h8-9,11H,5-7H2,1-4H3/t11-/m0/s1. The zero-order valence-corrected chi connectivity index (χ0v) is 15.6. The minimum atomic E-state index is -0.272. The number of rotatable bonds is 9. The van der Waals surface area contributed by atoms with Gasteiger partial charge < -0.3 is 18.6 Å². The number of ether oxygens (including phenoxy) is 3. The van der Waals surface area contributed by atoms with Crippen molar-refractivity contribution >= 4 is 11.8 Å². The zero-order valence-electron chi connectivity index (χ0n) is 14.7. The summed E-state index contributed by atoms with van der Waals surface area (Å²) in [5.41, 5.74) is 0.666. The maximum absolute atomic E-state index is 8.88. The first-order valence-electron chi connectivity index (χ1n) is 8.09. The van der Waals surface area contributed by atoms with E-state index in [1.807, 2.05) is 20.8 Å². The van der Waals surface area contributed by atoms with Gasteiger partial charge in [-0.2, -0.15) is 5.26 Å². The number of benzene rings is 1. The summed E-state index contributed by atoms with van der Waals surface area (Å²) in [5.74, 6) is 2.01. The summed E-state index contributed by atoms with van der Waals surface area (Å²) in [4.78, 5) is 0. The maximum Gasteiger partial charge on any atom is 0.278 e. The normalized spacial score (nSPS) is 11.6. The molecular formula is C17H21N3O4S.